The first-order valence-corrected chi connectivity index (χ1v) is 9.43. The van der Waals surface area contributed by atoms with Crippen molar-refractivity contribution in [1.29, 1.82) is 0 Å². The van der Waals surface area contributed by atoms with E-state index in [-0.39, 0.29) is 23.6 Å². The highest BCUT2D eigenvalue weighted by Gasteiger charge is 2.21. The van der Waals surface area contributed by atoms with Crippen molar-refractivity contribution in [3.8, 4) is 11.8 Å². The quantitative estimate of drug-likeness (QED) is 0.553. The average molecular weight is 386 g/mol. The minimum atomic E-state index is -0.637. The molecule has 0 aliphatic heterocycles. The maximum absolute atomic E-state index is 13.3. The van der Waals surface area contributed by atoms with Gasteiger partial charge < -0.3 is 0 Å². The maximum atomic E-state index is 13.3. The molecule has 5 heteroatoms. The van der Waals surface area contributed by atoms with Crippen molar-refractivity contribution in [1.82, 2.24) is 9.55 Å². The molecule has 0 radical (unpaired) electrons. The molecular weight excluding hydrogens is 364 g/mol. The molecular formula is C24H22N2O3. The van der Waals surface area contributed by atoms with E-state index >= 15 is 0 Å². The Bertz CT molecular complexity index is 1220. The lowest BCUT2D eigenvalue weighted by Crippen LogP contribution is -2.37. The van der Waals surface area contributed by atoms with Gasteiger partial charge in [0.1, 0.15) is 5.69 Å². The Morgan fingerprint density at radius 2 is 1.69 bits per heavy atom. The Hall–Kier alpha value is -3.65. The van der Waals surface area contributed by atoms with E-state index in [9.17, 15) is 14.4 Å². The zero-order chi connectivity index (χ0) is 21.0. The number of aryl methyl sites for hydroxylation is 2. The second-order valence-corrected chi connectivity index (χ2v) is 6.90. The zero-order valence-electron chi connectivity index (χ0n) is 16.7. The van der Waals surface area contributed by atoms with E-state index in [0.29, 0.717) is 12.0 Å². The molecule has 29 heavy (non-hydrogen) atoms. The lowest BCUT2D eigenvalue weighted by Gasteiger charge is -2.13. The fourth-order valence-corrected chi connectivity index (χ4v) is 3.34. The second kappa shape index (κ2) is 8.57. The fraction of sp³-hybridized carbons (Fsp3) is 0.208. The Labute approximate surface area is 169 Å². The molecule has 3 aromatic rings. The second-order valence-electron chi connectivity index (χ2n) is 6.90. The molecule has 0 atom stereocenters. The zero-order valence-corrected chi connectivity index (χ0v) is 16.7. The van der Waals surface area contributed by atoms with Gasteiger partial charge in [0.2, 0.25) is 5.78 Å². The topological polar surface area (TPSA) is 71.9 Å². The molecule has 1 aromatic heterocycles. The van der Waals surface area contributed by atoms with Gasteiger partial charge in [0.05, 0.1) is 6.54 Å². The van der Waals surface area contributed by atoms with Gasteiger partial charge in [-0.15, -0.1) is 0 Å². The van der Waals surface area contributed by atoms with Crippen LogP contribution in [-0.4, -0.2) is 15.3 Å². The van der Waals surface area contributed by atoms with Crippen LogP contribution in [0.1, 0.15) is 45.2 Å². The molecule has 5 nitrogen and oxygen atoms in total. The molecule has 2 aromatic carbocycles. The number of benzene rings is 2. The van der Waals surface area contributed by atoms with Gasteiger partial charge in [-0.05, 0) is 44.5 Å². The van der Waals surface area contributed by atoms with Crippen LogP contribution in [0.4, 0.5) is 0 Å². The molecule has 0 fully saturated rings. The summed E-state index contributed by atoms with van der Waals surface area (Å²) in [6.45, 7) is 5.60. The molecule has 0 aliphatic carbocycles. The van der Waals surface area contributed by atoms with Crippen molar-refractivity contribution >= 4 is 5.78 Å². The lowest BCUT2D eigenvalue weighted by atomic mass is 9.99. The van der Waals surface area contributed by atoms with E-state index in [0.717, 1.165) is 16.7 Å². The molecule has 3 rings (SSSR count). The van der Waals surface area contributed by atoms with Crippen molar-refractivity contribution in [2.75, 3.05) is 0 Å². The Morgan fingerprint density at radius 1 is 1.03 bits per heavy atom. The van der Waals surface area contributed by atoms with Gasteiger partial charge in [0.15, 0.2) is 0 Å². The number of hydrogen-bond acceptors (Lipinski definition) is 3. The summed E-state index contributed by atoms with van der Waals surface area (Å²) in [4.78, 5) is 40.5. The van der Waals surface area contributed by atoms with Crippen LogP contribution in [0.3, 0.4) is 0 Å². The predicted octanol–water partition coefficient (Wildman–Crippen LogP) is 3.00. The van der Waals surface area contributed by atoms with Crippen LogP contribution in [0, 0.1) is 25.7 Å². The standard InChI is InChI=1S/C24H22N2O3/c1-4-20-21(22(27)19-14-16(2)13-17(3)15-19)26(24(29)25-23(20)28)12-8-11-18-9-6-5-7-10-18/h5-7,9-10,13-15H,4,12H2,1-3H3,(H,25,28,29). The van der Waals surface area contributed by atoms with Crippen molar-refractivity contribution in [2.24, 2.45) is 0 Å². The van der Waals surface area contributed by atoms with E-state index in [4.69, 9.17) is 0 Å². The Kier molecular flexibility index (Phi) is 5.94. The summed E-state index contributed by atoms with van der Waals surface area (Å²) in [5.41, 5.74) is 2.36. The van der Waals surface area contributed by atoms with Crippen LogP contribution in [-0.2, 0) is 13.0 Å². The van der Waals surface area contributed by atoms with Crippen molar-refractivity contribution in [3.63, 3.8) is 0 Å². The summed E-state index contributed by atoms with van der Waals surface area (Å²) >= 11 is 0. The molecule has 0 saturated heterocycles. The average Bonchev–Trinajstić information content (AvgIpc) is 2.68. The smallest absolute Gasteiger partial charge is 0.287 e. The Balaban J connectivity index is 2.14. The fourth-order valence-electron chi connectivity index (χ4n) is 3.34. The van der Waals surface area contributed by atoms with Gasteiger partial charge >= 0.3 is 5.69 Å². The van der Waals surface area contributed by atoms with Gasteiger partial charge in [-0.25, -0.2) is 4.79 Å². The van der Waals surface area contributed by atoms with E-state index in [1.54, 1.807) is 19.1 Å². The number of carbonyl (C=O) groups is 1. The SMILES string of the molecule is CCc1c(C(=O)c2cc(C)cc(C)c2)n(CC#Cc2ccccc2)c(=O)[nH]c1=O. The highest BCUT2D eigenvalue weighted by molar-refractivity contribution is 6.09. The first-order valence-electron chi connectivity index (χ1n) is 9.43. The number of aromatic amines is 1. The summed E-state index contributed by atoms with van der Waals surface area (Å²) in [7, 11) is 0. The van der Waals surface area contributed by atoms with Crippen molar-refractivity contribution in [3.05, 3.63) is 103 Å². The molecule has 0 aliphatic rings. The monoisotopic (exact) mass is 386 g/mol. The normalized spacial score (nSPS) is 10.3. The van der Waals surface area contributed by atoms with Crippen LogP contribution in [0.2, 0.25) is 0 Å². The predicted molar refractivity (Wildman–Crippen MR) is 113 cm³/mol. The van der Waals surface area contributed by atoms with Gasteiger partial charge in [-0.2, -0.15) is 0 Å². The minimum absolute atomic E-state index is 0.00335. The number of aromatic nitrogens is 2. The molecule has 1 heterocycles. The molecule has 0 bridgehead atoms. The number of nitrogens with one attached hydrogen (secondary N) is 1. The summed E-state index contributed by atoms with van der Waals surface area (Å²) < 4.78 is 1.26. The number of hydrogen-bond donors (Lipinski definition) is 1. The Morgan fingerprint density at radius 3 is 2.31 bits per heavy atom. The van der Waals surface area contributed by atoms with E-state index in [1.807, 2.05) is 50.2 Å². The number of ketones is 1. The number of nitrogens with zero attached hydrogens (tertiary/aromatic N) is 1. The molecule has 0 amide bonds. The number of H-pyrrole nitrogens is 1. The van der Waals surface area contributed by atoms with Gasteiger partial charge in [-0.3, -0.25) is 19.1 Å². The third-order valence-electron chi connectivity index (χ3n) is 4.59. The van der Waals surface area contributed by atoms with Crippen LogP contribution in [0.25, 0.3) is 0 Å². The van der Waals surface area contributed by atoms with E-state index < -0.39 is 11.2 Å². The van der Waals surface area contributed by atoms with Crippen molar-refractivity contribution < 1.29 is 4.79 Å². The molecule has 146 valence electrons. The first-order chi connectivity index (χ1) is 13.9. The summed E-state index contributed by atoms with van der Waals surface area (Å²) in [6, 6.07) is 14.9. The third-order valence-corrected chi connectivity index (χ3v) is 4.59. The summed E-state index contributed by atoms with van der Waals surface area (Å²) in [5.74, 6) is 5.57. The molecule has 0 unspecified atom stereocenters. The van der Waals surface area contributed by atoms with Crippen molar-refractivity contribution in [2.45, 2.75) is 33.7 Å². The van der Waals surface area contributed by atoms with Gasteiger partial charge in [0, 0.05) is 16.7 Å². The largest absolute Gasteiger partial charge is 0.329 e. The highest BCUT2D eigenvalue weighted by atomic mass is 16.2. The highest BCUT2D eigenvalue weighted by Crippen LogP contribution is 2.15. The van der Waals surface area contributed by atoms with Crippen LogP contribution >= 0.6 is 0 Å². The summed E-state index contributed by atoms with van der Waals surface area (Å²) in [6.07, 6.45) is 0.327. The van der Waals surface area contributed by atoms with E-state index in [2.05, 4.69) is 16.8 Å². The van der Waals surface area contributed by atoms with Gasteiger partial charge in [-0.1, -0.05) is 54.2 Å². The first kappa shape index (κ1) is 20.1. The molecule has 1 N–H and O–H groups in total. The number of rotatable bonds is 4. The maximum Gasteiger partial charge on any atom is 0.329 e. The number of carbonyl (C=O) groups excluding carboxylic acids is 1. The lowest BCUT2D eigenvalue weighted by molar-refractivity contribution is 0.102. The van der Waals surface area contributed by atoms with Crippen LogP contribution in [0.5, 0.6) is 0 Å². The van der Waals surface area contributed by atoms with E-state index in [1.165, 1.54) is 4.57 Å². The van der Waals surface area contributed by atoms with Crippen LogP contribution in [0.15, 0.2) is 58.1 Å². The molecule has 0 saturated carbocycles. The minimum Gasteiger partial charge on any atom is -0.287 e. The van der Waals surface area contributed by atoms with Crippen LogP contribution < -0.4 is 11.2 Å². The summed E-state index contributed by atoms with van der Waals surface area (Å²) in [5, 5.41) is 0. The third kappa shape index (κ3) is 4.44. The molecule has 0 spiro atoms. The van der Waals surface area contributed by atoms with Gasteiger partial charge in [0.25, 0.3) is 5.56 Å².